The van der Waals surface area contributed by atoms with Crippen molar-refractivity contribution in [2.45, 2.75) is 122 Å². The number of halogens is 3. The van der Waals surface area contributed by atoms with Gasteiger partial charge in [0.15, 0.2) is 0 Å². The van der Waals surface area contributed by atoms with Crippen LogP contribution < -0.4 is 10.6 Å². The van der Waals surface area contributed by atoms with E-state index in [1.807, 2.05) is 11.8 Å². The van der Waals surface area contributed by atoms with Crippen LogP contribution >= 0.6 is 0 Å². The molecule has 1 aliphatic rings. The van der Waals surface area contributed by atoms with Crippen molar-refractivity contribution in [1.29, 1.82) is 0 Å². The molecule has 10 atom stereocenters. The standard InChI is InChI=1S/C38H57F3N4O8/c1-9-29-37(8,52)32(48)25(6)45(20-21(2)19-36(7,51)31(47)23(4)30(46)24(5)35(50)53-29)18-12-17-43-34(49)26-13-11-16-42-33(26)44-28-15-10-14-27(22(28)3)38(39,40)41/h10-11,13-16,21,23-25,29-32,46-48,51-52H,9,12,17-20H2,1-8H3,(H,42,44)(H,43,49)/t21-,23+,24-,25-,29-,30-,31-,32-,36+,37+/m0/s1. The Labute approximate surface area is 309 Å². The maximum Gasteiger partial charge on any atom is 0.416 e. The molecule has 12 nitrogen and oxygen atoms in total. The largest absolute Gasteiger partial charge is 0.459 e. The van der Waals surface area contributed by atoms with E-state index >= 15 is 0 Å². The summed E-state index contributed by atoms with van der Waals surface area (Å²) < 4.78 is 46.1. The Morgan fingerprint density at radius 3 is 2.34 bits per heavy atom. The second-order valence-corrected chi connectivity index (χ2v) is 15.1. The van der Waals surface area contributed by atoms with E-state index in [4.69, 9.17) is 4.74 Å². The molecule has 0 aliphatic carbocycles. The average Bonchev–Trinajstić information content (AvgIpc) is 3.09. The number of nitrogens with one attached hydrogen (secondary N) is 2. The van der Waals surface area contributed by atoms with Gasteiger partial charge in [0.05, 0.1) is 34.9 Å². The number of amides is 1. The summed E-state index contributed by atoms with van der Waals surface area (Å²) in [4.78, 5) is 32.5. The van der Waals surface area contributed by atoms with Crippen LogP contribution in [0.2, 0.25) is 0 Å². The summed E-state index contributed by atoms with van der Waals surface area (Å²) in [5, 5.41) is 62.3. The van der Waals surface area contributed by atoms with Gasteiger partial charge in [-0.1, -0.05) is 26.8 Å². The Balaban J connectivity index is 1.81. The first-order valence-corrected chi connectivity index (χ1v) is 18.1. The Morgan fingerprint density at radius 1 is 1.06 bits per heavy atom. The molecule has 1 fully saturated rings. The number of aliphatic hydroxyl groups excluding tert-OH is 3. The minimum absolute atomic E-state index is 0.0459. The number of aliphatic hydroxyl groups is 5. The number of pyridine rings is 1. The van der Waals surface area contributed by atoms with E-state index in [2.05, 4.69) is 15.6 Å². The number of hydrogen-bond acceptors (Lipinski definition) is 11. The molecule has 2 heterocycles. The van der Waals surface area contributed by atoms with E-state index in [0.29, 0.717) is 19.5 Å². The number of hydrogen-bond donors (Lipinski definition) is 7. The molecule has 1 aliphatic heterocycles. The lowest BCUT2D eigenvalue weighted by Crippen LogP contribution is -2.59. The number of ether oxygens (including phenoxy) is 1. The quantitative estimate of drug-likeness (QED) is 0.152. The second kappa shape index (κ2) is 17.9. The van der Waals surface area contributed by atoms with Gasteiger partial charge >= 0.3 is 12.1 Å². The van der Waals surface area contributed by atoms with Crippen LogP contribution in [0.4, 0.5) is 24.7 Å². The van der Waals surface area contributed by atoms with Gasteiger partial charge in [0.2, 0.25) is 0 Å². The second-order valence-electron chi connectivity index (χ2n) is 15.1. The van der Waals surface area contributed by atoms with Crippen molar-refractivity contribution in [2.24, 2.45) is 17.8 Å². The third-order valence-electron chi connectivity index (χ3n) is 10.6. The van der Waals surface area contributed by atoms with Gasteiger partial charge in [-0.3, -0.25) is 14.5 Å². The van der Waals surface area contributed by atoms with Crippen LogP contribution in [0.15, 0.2) is 36.5 Å². The molecule has 298 valence electrons. The van der Waals surface area contributed by atoms with Crippen LogP contribution in [0.25, 0.3) is 0 Å². The summed E-state index contributed by atoms with van der Waals surface area (Å²) in [6.45, 7) is 13.2. The first-order chi connectivity index (χ1) is 24.5. The molecule has 0 saturated carbocycles. The van der Waals surface area contributed by atoms with Crippen LogP contribution in [0.3, 0.4) is 0 Å². The number of alkyl halides is 3. The van der Waals surface area contributed by atoms with E-state index in [1.54, 1.807) is 13.8 Å². The van der Waals surface area contributed by atoms with Crippen molar-refractivity contribution in [2.75, 3.05) is 25.0 Å². The number of nitrogens with zero attached hydrogens (tertiary/aromatic N) is 2. The highest BCUT2D eigenvalue weighted by atomic mass is 19.4. The molecular formula is C38H57F3N4O8. The molecular weight excluding hydrogens is 697 g/mol. The van der Waals surface area contributed by atoms with Crippen molar-refractivity contribution in [3.63, 3.8) is 0 Å². The topological polar surface area (TPSA) is 185 Å². The molecule has 1 aromatic heterocycles. The van der Waals surface area contributed by atoms with E-state index in [-0.39, 0.29) is 47.9 Å². The number of benzene rings is 1. The molecule has 15 heteroatoms. The maximum atomic E-state index is 13.5. The minimum atomic E-state index is -4.56. The van der Waals surface area contributed by atoms with Gasteiger partial charge in [-0.2, -0.15) is 13.2 Å². The number of carbonyl (C=O) groups is 2. The van der Waals surface area contributed by atoms with Crippen molar-refractivity contribution in [3.8, 4) is 0 Å². The Kier molecular flexibility index (Phi) is 14.9. The smallest absolute Gasteiger partial charge is 0.416 e. The zero-order chi connectivity index (χ0) is 40.1. The molecule has 53 heavy (non-hydrogen) atoms. The third kappa shape index (κ3) is 10.7. The van der Waals surface area contributed by atoms with E-state index in [0.717, 1.165) is 6.07 Å². The van der Waals surface area contributed by atoms with Gasteiger partial charge in [-0.05, 0) is 89.6 Å². The van der Waals surface area contributed by atoms with E-state index < -0.39 is 77.1 Å². The maximum absolute atomic E-state index is 13.5. The van der Waals surface area contributed by atoms with Crippen molar-refractivity contribution in [3.05, 3.63) is 53.2 Å². The molecule has 1 saturated heterocycles. The van der Waals surface area contributed by atoms with Crippen LogP contribution in [0, 0.1) is 24.7 Å². The van der Waals surface area contributed by atoms with Gasteiger partial charge < -0.3 is 40.9 Å². The summed E-state index contributed by atoms with van der Waals surface area (Å²) in [6.07, 6.45) is -7.88. The highest BCUT2D eigenvalue weighted by molar-refractivity contribution is 5.99. The summed E-state index contributed by atoms with van der Waals surface area (Å²) >= 11 is 0. The normalized spacial score (nSPS) is 32.6. The summed E-state index contributed by atoms with van der Waals surface area (Å²) in [5.74, 6) is -3.57. The van der Waals surface area contributed by atoms with Gasteiger partial charge in [-0.25, -0.2) is 4.98 Å². The first-order valence-electron chi connectivity index (χ1n) is 18.1. The van der Waals surface area contributed by atoms with Crippen LogP contribution in [-0.2, 0) is 15.7 Å². The molecule has 0 bridgehead atoms. The summed E-state index contributed by atoms with van der Waals surface area (Å²) in [7, 11) is 0. The Morgan fingerprint density at radius 2 is 1.72 bits per heavy atom. The molecule has 3 rings (SSSR count). The predicted octanol–water partition coefficient (Wildman–Crippen LogP) is 4.18. The fourth-order valence-corrected chi connectivity index (χ4v) is 7.32. The minimum Gasteiger partial charge on any atom is -0.459 e. The van der Waals surface area contributed by atoms with Crippen molar-refractivity contribution < 1.29 is 53.0 Å². The average molecular weight is 755 g/mol. The van der Waals surface area contributed by atoms with Crippen molar-refractivity contribution in [1.82, 2.24) is 15.2 Å². The molecule has 1 aromatic carbocycles. The van der Waals surface area contributed by atoms with Crippen molar-refractivity contribution >= 4 is 23.4 Å². The van der Waals surface area contributed by atoms with Gasteiger partial charge in [0.25, 0.3) is 5.91 Å². The number of rotatable bonds is 8. The summed E-state index contributed by atoms with van der Waals surface area (Å²) in [5.41, 5.74) is -4.17. The fraction of sp³-hybridized carbons (Fsp3) is 0.658. The zero-order valence-corrected chi connectivity index (χ0v) is 31.8. The molecule has 1 amide bonds. The van der Waals surface area contributed by atoms with Crippen LogP contribution in [0.1, 0.15) is 89.2 Å². The highest BCUT2D eigenvalue weighted by Crippen LogP contribution is 2.36. The number of esters is 1. The summed E-state index contributed by atoms with van der Waals surface area (Å²) in [6, 6.07) is 6.02. The molecule has 2 aromatic rings. The molecule has 7 N–H and O–H groups in total. The number of cyclic esters (lactones) is 1. The Bertz CT molecular complexity index is 1540. The molecule has 0 radical (unpaired) electrons. The number of carbonyl (C=O) groups excluding carboxylic acids is 2. The van der Waals surface area contributed by atoms with E-state index in [9.17, 15) is 48.3 Å². The lowest BCUT2D eigenvalue weighted by atomic mass is 9.78. The molecule has 0 unspecified atom stereocenters. The lowest BCUT2D eigenvalue weighted by molar-refractivity contribution is -0.193. The highest BCUT2D eigenvalue weighted by Gasteiger charge is 2.47. The van der Waals surface area contributed by atoms with Gasteiger partial charge in [0.1, 0.15) is 23.6 Å². The van der Waals surface area contributed by atoms with E-state index in [1.165, 1.54) is 65.1 Å². The SMILES string of the molecule is CC[C@@H]1OC(=O)[C@@H](C)[C@@H](O)[C@@H](C)[C@H](O)[C@](C)(O)C[C@H](C)CN(CCCNC(=O)c2cccnc2Nc2cccc(C(F)(F)F)c2C)[C@@H](C)[C@H](O)[C@]1(C)O. The monoisotopic (exact) mass is 754 g/mol. The third-order valence-corrected chi connectivity index (χ3v) is 10.6. The first kappa shape index (κ1) is 44.1. The Hall–Kier alpha value is -3.34. The van der Waals surface area contributed by atoms with Crippen LogP contribution in [0.5, 0.6) is 0 Å². The number of aromatic nitrogens is 1. The number of anilines is 2. The fourth-order valence-electron chi connectivity index (χ4n) is 7.32. The van der Waals surface area contributed by atoms with Crippen LogP contribution in [-0.4, -0.2) is 109 Å². The lowest BCUT2D eigenvalue weighted by Gasteiger charge is -2.43. The van der Waals surface area contributed by atoms with Gasteiger partial charge in [0, 0.05) is 43.5 Å². The predicted molar refractivity (Wildman–Crippen MR) is 193 cm³/mol. The molecule has 0 spiro atoms. The zero-order valence-electron chi connectivity index (χ0n) is 31.8. The van der Waals surface area contributed by atoms with Gasteiger partial charge in [-0.15, -0.1) is 0 Å².